The molecule has 0 aliphatic rings. The van der Waals surface area contributed by atoms with Crippen LogP contribution in [0.5, 0.6) is 0 Å². The highest BCUT2D eigenvalue weighted by atomic mass is 35.5. The summed E-state index contributed by atoms with van der Waals surface area (Å²) in [5, 5.41) is 10.1. The molecule has 0 saturated carbocycles. The van der Waals surface area contributed by atoms with Gasteiger partial charge in [-0.3, -0.25) is 4.90 Å². The molecule has 0 amide bonds. The van der Waals surface area contributed by atoms with Gasteiger partial charge in [0.15, 0.2) is 0 Å². The van der Waals surface area contributed by atoms with Crippen LogP contribution < -0.4 is 0 Å². The van der Waals surface area contributed by atoms with Gasteiger partial charge < -0.3 is 5.11 Å². The molecule has 1 aromatic heterocycles. The van der Waals surface area contributed by atoms with Gasteiger partial charge in [0.2, 0.25) is 0 Å². The highest BCUT2D eigenvalue weighted by molar-refractivity contribution is 6.32. The van der Waals surface area contributed by atoms with Crippen molar-refractivity contribution in [2.45, 2.75) is 26.3 Å². The molecular weight excluding hydrogens is 259 g/mol. The second-order valence-corrected chi connectivity index (χ2v) is 4.71. The summed E-state index contributed by atoms with van der Waals surface area (Å²) in [4.78, 5) is 6.35. The van der Waals surface area contributed by atoms with Crippen molar-refractivity contribution in [1.82, 2.24) is 9.88 Å². The summed E-state index contributed by atoms with van der Waals surface area (Å²) in [6, 6.07) is 3.43. The molecule has 0 fully saturated rings. The third-order valence-corrected chi connectivity index (χ3v) is 3.06. The second kappa shape index (κ2) is 7.88. The van der Waals surface area contributed by atoms with Gasteiger partial charge >= 0.3 is 0 Å². The summed E-state index contributed by atoms with van der Waals surface area (Å²) >= 11 is 11.9. The highest BCUT2D eigenvalue weighted by Gasteiger charge is 2.09. The van der Waals surface area contributed by atoms with Crippen LogP contribution in [0.2, 0.25) is 10.2 Å². The Morgan fingerprint density at radius 2 is 2.06 bits per heavy atom. The SMILES string of the molecule is CCCCN(CCO)Cc1nc(Cl)ccc1Cl. The standard InChI is InChI=1S/C12H18Cl2N2O/c1-2-3-6-16(7-8-17)9-11-10(13)4-5-12(14)15-11/h4-5,17H,2-3,6-9H2,1H3. The van der Waals surface area contributed by atoms with Crippen molar-refractivity contribution in [3.05, 3.63) is 28.0 Å². The Kier molecular flexibility index (Phi) is 6.82. The quantitative estimate of drug-likeness (QED) is 0.778. The number of nitrogens with zero attached hydrogens (tertiary/aromatic N) is 2. The number of unbranched alkanes of at least 4 members (excludes halogenated alkanes) is 1. The number of hydrogen-bond donors (Lipinski definition) is 1. The van der Waals surface area contributed by atoms with Crippen LogP contribution in [-0.2, 0) is 6.54 Å². The van der Waals surface area contributed by atoms with Gasteiger partial charge in [0, 0.05) is 13.1 Å². The first-order valence-electron chi connectivity index (χ1n) is 5.81. The Morgan fingerprint density at radius 1 is 1.29 bits per heavy atom. The third kappa shape index (κ3) is 5.21. The number of rotatable bonds is 7. The topological polar surface area (TPSA) is 36.4 Å². The van der Waals surface area contributed by atoms with Gasteiger partial charge in [-0.1, -0.05) is 36.5 Å². The molecule has 1 N–H and O–H groups in total. The number of aliphatic hydroxyl groups is 1. The van der Waals surface area contributed by atoms with Crippen LogP contribution in [0.3, 0.4) is 0 Å². The minimum atomic E-state index is 0.141. The zero-order chi connectivity index (χ0) is 12.7. The van der Waals surface area contributed by atoms with Crippen LogP contribution >= 0.6 is 23.2 Å². The number of hydrogen-bond acceptors (Lipinski definition) is 3. The maximum Gasteiger partial charge on any atom is 0.129 e. The van der Waals surface area contributed by atoms with Gasteiger partial charge in [-0.05, 0) is 25.1 Å². The number of aromatic nitrogens is 1. The van der Waals surface area contributed by atoms with Crippen molar-refractivity contribution in [2.75, 3.05) is 19.7 Å². The summed E-state index contributed by atoms with van der Waals surface area (Å²) < 4.78 is 0. The molecule has 0 aliphatic heterocycles. The molecule has 1 rings (SSSR count). The van der Waals surface area contributed by atoms with Crippen molar-refractivity contribution in [1.29, 1.82) is 0 Å². The lowest BCUT2D eigenvalue weighted by molar-refractivity contribution is 0.187. The van der Waals surface area contributed by atoms with Crippen molar-refractivity contribution >= 4 is 23.2 Å². The summed E-state index contributed by atoms with van der Waals surface area (Å²) in [6.07, 6.45) is 2.22. The third-order valence-electron chi connectivity index (χ3n) is 2.50. The predicted octanol–water partition coefficient (Wildman–Crippen LogP) is 2.98. The van der Waals surface area contributed by atoms with Gasteiger partial charge in [-0.15, -0.1) is 0 Å². The monoisotopic (exact) mass is 276 g/mol. The molecule has 0 radical (unpaired) electrons. The first-order chi connectivity index (χ1) is 8.17. The van der Waals surface area contributed by atoms with Gasteiger partial charge in [-0.25, -0.2) is 4.98 Å². The maximum absolute atomic E-state index is 9.02. The number of aliphatic hydroxyl groups excluding tert-OH is 1. The molecule has 1 heterocycles. The molecule has 0 aromatic carbocycles. The molecule has 17 heavy (non-hydrogen) atoms. The lowest BCUT2D eigenvalue weighted by Crippen LogP contribution is -2.28. The van der Waals surface area contributed by atoms with E-state index >= 15 is 0 Å². The first kappa shape index (κ1) is 14.7. The van der Waals surface area contributed by atoms with E-state index in [2.05, 4.69) is 16.8 Å². The Hall–Kier alpha value is -0.350. The Labute approximate surface area is 112 Å². The summed E-state index contributed by atoms with van der Waals surface area (Å²) in [5.41, 5.74) is 0.767. The molecular formula is C12H18Cl2N2O. The van der Waals surface area contributed by atoms with Crippen molar-refractivity contribution in [2.24, 2.45) is 0 Å². The first-order valence-corrected chi connectivity index (χ1v) is 6.57. The molecule has 0 spiro atoms. The average Bonchev–Trinajstić information content (AvgIpc) is 2.31. The summed E-state index contributed by atoms with van der Waals surface area (Å²) in [7, 11) is 0. The van der Waals surface area contributed by atoms with Crippen molar-refractivity contribution in [3.63, 3.8) is 0 Å². The fourth-order valence-electron chi connectivity index (χ4n) is 1.57. The fourth-order valence-corrected chi connectivity index (χ4v) is 1.90. The maximum atomic E-state index is 9.02. The van der Waals surface area contributed by atoms with Crippen molar-refractivity contribution in [3.8, 4) is 0 Å². The minimum Gasteiger partial charge on any atom is -0.395 e. The van der Waals surface area contributed by atoms with Crippen LogP contribution in [0.15, 0.2) is 12.1 Å². The number of pyridine rings is 1. The van der Waals surface area contributed by atoms with Gasteiger partial charge in [-0.2, -0.15) is 0 Å². The Bertz CT molecular complexity index is 347. The van der Waals surface area contributed by atoms with Crippen LogP contribution in [0, 0.1) is 0 Å². The second-order valence-electron chi connectivity index (χ2n) is 3.92. The predicted molar refractivity (Wildman–Crippen MR) is 71.5 cm³/mol. The van der Waals surface area contributed by atoms with E-state index < -0.39 is 0 Å². The van der Waals surface area contributed by atoms with Crippen LogP contribution in [-0.4, -0.2) is 34.7 Å². The van der Waals surface area contributed by atoms with Gasteiger partial charge in [0.1, 0.15) is 5.15 Å². The molecule has 96 valence electrons. The Morgan fingerprint density at radius 3 is 2.71 bits per heavy atom. The van der Waals surface area contributed by atoms with Gasteiger partial charge in [0.25, 0.3) is 0 Å². The molecule has 0 atom stereocenters. The van der Waals surface area contributed by atoms with E-state index in [4.69, 9.17) is 28.3 Å². The summed E-state index contributed by atoms with van der Waals surface area (Å²) in [5.74, 6) is 0. The Balaban J connectivity index is 2.67. The molecule has 1 aromatic rings. The molecule has 0 saturated heterocycles. The normalized spacial score (nSPS) is 11.1. The van der Waals surface area contributed by atoms with E-state index in [0.29, 0.717) is 23.3 Å². The zero-order valence-electron chi connectivity index (χ0n) is 9.99. The average molecular weight is 277 g/mol. The smallest absolute Gasteiger partial charge is 0.129 e. The van der Waals surface area contributed by atoms with E-state index in [1.807, 2.05) is 0 Å². The number of halogens is 2. The van der Waals surface area contributed by atoms with Crippen LogP contribution in [0.25, 0.3) is 0 Å². The van der Waals surface area contributed by atoms with Crippen LogP contribution in [0.1, 0.15) is 25.5 Å². The zero-order valence-corrected chi connectivity index (χ0v) is 11.5. The summed E-state index contributed by atoms with van der Waals surface area (Å²) in [6.45, 7) is 4.47. The van der Waals surface area contributed by atoms with Crippen molar-refractivity contribution < 1.29 is 5.11 Å². The minimum absolute atomic E-state index is 0.141. The largest absolute Gasteiger partial charge is 0.395 e. The van der Waals surface area contributed by atoms with E-state index in [9.17, 15) is 0 Å². The molecule has 3 nitrogen and oxygen atoms in total. The molecule has 0 aliphatic carbocycles. The van der Waals surface area contributed by atoms with Gasteiger partial charge in [0.05, 0.1) is 17.3 Å². The fraction of sp³-hybridized carbons (Fsp3) is 0.583. The van der Waals surface area contributed by atoms with Crippen LogP contribution in [0.4, 0.5) is 0 Å². The highest BCUT2D eigenvalue weighted by Crippen LogP contribution is 2.18. The van der Waals surface area contributed by atoms with E-state index in [1.54, 1.807) is 12.1 Å². The molecule has 5 heteroatoms. The van der Waals surface area contributed by atoms with E-state index in [-0.39, 0.29) is 6.61 Å². The molecule has 0 bridgehead atoms. The lowest BCUT2D eigenvalue weighted by atomic mass is 10.2. The molecule has 0 unspecified atom stereocenters. The van der Waals surface area contributed by atoms with E-state index in [0.717, 1.165) is 25.1 Å². The lowest BCUT2D eigenvalue weighted by Gasteiger charge is -2.21. The van der Waals surface area contributed by atoms with E-state index in [1.165, 1.54) is 0 Å².